The normalized spacial score (nSPS) is 12.2. The lowest BCUT2D eigenvalue weighted by Gasteiger charge is -2.19. The van der Waals surface area contributed by atoms with E-state index in [1.54, 1.807) is 33.8 Å². The first-order valence-electron chi connectivity index (χ1n) is 6.10. The molecule has 0 aromatic carbocycles. The van der Waals surface area contributed by atoms with Crippen molar-refractivity contribution in [1.29, 1.82) is 0 Å². The number of aromatic carboxylic acids is 1. The summed E-state index contributed by atoms with van der Waals surface area (Å²) in [6, 6.07) is 3.09. The number of pyridine rings is 1. The summed E-state index contributed by atoms with van der Waals surface area (Å²) < 4.78 is 28.2. The van der Waals surface area contributed by atoms with Gasteiger partial charge in [-0.3, -0.25) is 0 Å². The molecular formula is C13H19NO5S. The molecule has 0 saturated heterocycles. The van der Waals surface area contributed by atoms with E-state index in [4.69, 9.17) is 9.84 Å². The van der Waals surface area contributed by atoms with Gasteiger partial charge in [0.2, 0.25) is 0 Å². The minimum absolute atomic E-state index is 0.0761. The van der Waals surface area contributed by atoms with Crippen molar-refractivity contribution in [3.63, 3.8) is 0 Å². The molecule has 0 aliphatic heterocycles. The van der Waals surface area contributed by atoms with Gasteiger partial charge >= 0.3 is 5.97 Å². The van der Waals surface area contributed by atoms with Crippen molar-refractivity contribution in [3.8, 4) is 5.75 Å². The molecule has 0 spiro atoms. The highest BCUT2D eigenvalue weighted by Crippen LogP contribution is 2.19. The molecule has 0 radical (unpaired) electrons. The van der Waals surface area contributed by atoms with Gasteiger partial charge in [-0.15, -0.1) is 0 Å². The average molecular weight is 301 g/mol. The zero-order chi connectivity index (χ0) is 15.6. The Morgan fingerprint density at radius 2 is 1.95 bits per heavy atom. The van der Waals surface area contributed by atoms with Gasteiger partial charge < -0.3 is 9.84 Å². The van der Waals surface area contributed by atoms with E-state index in [9.17, 15) is 13.2 Å². The third-order valence-corrected chi connectivity index (χ3v) is 5.31. The van der Waals surface area contributed by atoms with E-state index in [2.05, 4.69) is 4.98 Å². The van der Waals surface area contributed by atoms with Gasteiger partial charge in [-0.25, -0.2) is 18.2 Å². The van der Waals surface area contributed by atoms with E-state index in [-0.39, 0.29) is 23.8 Å². The van der Waals surface area contributed by atoms with E-state index in [0.29, 0.717) is 5.69 Å². The van der Waals surface area contributed by atoms with Gasteiger partial charge in [0, 0.05) is 5.69 Å². The second kappa shape index (κ2) is 5.78. The van der Waals surface area contributed by atoms with E-state index in [1.807, 2.05) is 0 Å². The Morgan fingerprint density at radius 3 is 2.45 bits per heavy atom. The van der Waals surface area contributed by atoms with Crippen LogP contribution in [0.1, 0.15) is 37.0 Å². The molecule has 1 N–H and O–H groups in total. The Balaban J connectivity index is 2.80. The molecule has 0 aliphatic carbocycles. The van der Waals surface area contributed by atoms with Crippen molar-refractivity contribution in [3.05, 3.63) is 23.5 Å². The molecule has 0 fully saturated rings. The smallest absolute Gasteiger partial charge is 0.358 e. The first-order chi connectivity index (χ1) is 9.04. The summed E-state index contributed by atoms with van der Waals surface area (Å²) in [7, 11) is -3.30. The number of aryl methyl sites for hydroxylation is 1. The highest BCUT2D eigenvalue weighted by molar-refractivity contribution is 7.92. The molecule has 0 aliphatic rings. The number of carboxylic acid groups (broad SMARTS) is 1. The van der Waals surface area contributed by atoms with Crippen molar-refractivity contribution >= 4 is 15.8 Å². The number of hydrogen-bond acceptors (Lipinski definition) is 5. The molecule has 0 amide bonds. The number of carbonyl (C=O) groups is 1. The zero-order valence-corrected chi connectivity index (χ0v) is 12.8. The Kier molecular flexibility index (Phi) is 4.75. The Labute approximate surface area is 118 Å². The van der Waals surface area contributed by atoms with Crippen LogP contribution in [0.2, 0.25) is 0 Å². The third kappa shape index (κ3) is 3.93. The molecule has 0 atom stereocenters. The standard InChI is InChI=1S/C13H19NO5S/c1-9-5-6-10(11(14-9)12(15)16)19-7-8-20(17,18)13(2,3)4/h5-6H,7-8H2,1-4H3,(H,15,16). The van der Waals surface area contributed by atoms with E-state index in [1.165, 1.54) is 6.07 Å². The maximum absolute atomic E-state index is 11.9. The van der Waals surface area contributed by atoms with Gasteiger partial charge in [0.1, 0.15) is 6.61 Å². The fourth-order valence-electron chi connectivity index (χ4n) is 1.38. The van der Waals surface area contributed by atoms with Crippen LogP contribution in [-0.2, 0) is 9.84 Å². The van der Waals surface area contributed by atoms with Gasteiger partial charge in [-0.05, 0) is 39.8 Å². The number of hydrogen-bond donors (Lipinski definition) is 1. The van der Waals surface area contributed by atoms with Crippen molar-refractivity contribution < 1.29 is 23.1 Å². The molecule has 0 saturated carbocycles. The Bertz CT molecular complexity index is 602. The van der Waals surface area contributed by atoms with Gasteiger partial charge in [0.15, 0.2) is 21.3 Å². The summed E-state index contributed by atoms with van der Waals surface area (Å²) in [5.74, 6) is -1.31. The molecule has 1 aromatic heterocycles. The summed E-state index contributed by atoms with van der Waals surface area (Å²) in [4.78, 5) is 14.9. The number of sulfone groups is 1. The zero-order valence-electron chi connectivity index (χ0n) is 12.0. The number of carboxylic acids is 1. The van der Waals surface area contributed by atoms with Crippen LogP contribution in [0.15, 0.2) is 12.1 Å². The maximum atomic E-state index is 11.9. The third-order valence-electron chi connectivity index (χ3n) is 2.74. The topological polar surface area (TPSA) is 93.6 Å². The highest BCUT2D eigenvalue weighted by Gasteiger charge is 2.28. The molecule has 1 aromatic rings. The fraction of sp³-hybridized carbons (Fsp3) is 0.538. The second-order valence-corrected chi connectivity index (χ2v) is 8.25. The highest BCUT2D eigenvalue weighted by atomic mass is 32.2. The maximum Gasteiger partial charge on any atom is 0.358 e. The quantitative estimate of drug-likeness (QED) is 0.889. The summed E-state index contributed by atoms with van der Waals surface area (Å²) in [6.45, 7) is 6.39. The lowest BCUT2D eigenvalue weighted by Crippen LogP contribution is -2.32. The second-order valence-electron chi connectivity index (χ2n) is 5.38. The minimum Gasteiger partial charge on any atom is -0.490 e. The first-order valence-corrected chi connectivity index (χ1v) is 7.76. The molecule has 112 valence electrons. The molecular weight excluding hydrogens is 282 g/mol. The van der Waals surface area contributed by atoms with Crippen LogP contribution >= 0.6 is 0 Å². The first kappa shape index (κ1) is 16.4. The Morgan fingerprint density at radius 1 is 1.35 bits per heavy atom. The van der Waals surface area contributed by atoms with Gasteiger partial charge in [0.05, 0.1) is 10.5 Å². The minimum atomic E-state index is -3.30. The summed E-state index contributed by atoms with van der Waals surface area (Å²) >= 11 is 0. The molecule has 1 heterocycles. The van der Waals surface area contributed by atoms with E-state index >= 15 is 0 Å². The molecule has 0 bridgehead atoms. The van der Waals surface area contributed by atoms with Crippen LogP contribution in [-0.4, -0.2) is 41.6 Å². The molecule has 6 nitrogen and oxygen atoms in total. The summed E-state index contributed by atoms with van der Waals surface area (Å²) in [6.07, 6.45) is 0. The molecule has 1 rings (SSSR count). The number of rotatable bonds is 5. The summed E-state index contributed by atoms with van der Waals surface area (Å²) in [5.41, 5.74) is 0.343. The lowest BCUT2D eigenvalue weighted by atomic mass is 10.3. The van der Waals surface area contributed by atoms with Crippen molar-refractivity contribution in [1.82, 2.24) is 4.98 Å². The monoisotopic (exact) mass is 301 g/mol. The van der Waals surface area contributed by atoms with Crippen LogP contribution in [0.3, 0.4) is 0 Å². The number of nitrogens with zero attached hydrogens (tertiary/aromatic N) is 1. The molecule has 0 unspecified atom stereocenters. The van der Waals surface area contributed by atoms with Crippen molar-refractivity contribution in [2.45, 2.75) is 32.4 Å². The van der Waals surface area contributed by atoms with E-state index < -0.39 is 20.6 Å². The van der Waals surface area contributed by atoms with Gasteiger partial charge in [0.25, 0.3) is 0 Å². The molecule has 20 heavy (non-hydrogen) atoms. The van der Waals surface area contributed by atoms with Crippen LogP contribution < -0.4 is 4.74 Å². The summed E-state index contributed by atoms with van der Waals surface area (Å²) in [5, 5.41) is 9.02. The van der Waals surface area contributed by atoms with Crippen molar-refractivity contribution in [2.24, 2.45) is 0 Å². The van der Waals surface area contributed by atoms with Crippen LogP contribution in [0.5, 0.6) is 5.75 Å². The lowest BCUT2D eigenvalue weighted by molar-refractivity contribution is 0.0685. The fourth-order valence-corrected chi connectivity index (χ4v) is 2.30. The predicted molar refractivity (Wildman–Crippen MR) is 75.0 cm³/mol. The molecule has 7 heteroatoms. The number of aromatic nitrogens is 1. The van der Waals surface area contributed by atoms with Crippen molar-refractivity contribution in [2.75, 3.05) is 12.4 Å². The van der Waals surface area contributed by atoms with E-state index in [0.717, 1.165) is 0 Å². The van der Waals surface area contributed by atoms with Crippen LogP contribution in [0, 0.1) is 6.92 Å². The predicted octanol–water partition coefficient (Wildman–Crippen LogP) is 1.68. The largest absolute Gasteiger partial charge is 0.490 e. The van der Waals surface area contributed by atoms with Crippen LogP contribution in [0.25, 0.3) is 0 Å². The van der Waals surface area contributed by atoms with Gasteiger partial charge in [-0.1, -0.05) is 0 Å². The average Bonchev–Trinajstić information content (AvgIpc) is 2.29. The van der Waals surface area contributed by atoms with Gasteiger partial charge in [-0.2, -0.15) is 0 Å². The number of ether oxygens (including phenoxy) is 1. The Hall–Kier alpha value is -1.63. The van der Waals surface area contributed by atoms with Crippen LogP contribution in [0.4, 0.5) is 0 Å². The SMILES string of the molecule is Cc1ccc(OCCS(=O)(=O)C(C)(C)C)c(C(=O)O)n1.